The van der Waals surface area contributed by atoms with Crippen molar-refractivity contribution in [1.82, 2.24) is 5.32 Å². The van der Waals surface area contributed by atoms with Gasteiger partial charge in [-0.25, -0.2) is 0 Å². The van der Waals surface area contributed by atoms with E-state index in [9.17, 15) is 4.79 Å². The number of rotatable bonds is 12. The predicted octanol–water partition coefficient (Wildman–Crippen LogP) is 3.08. The first kappa shape index (κ1) is 20.9. The van der Waals surface area contributed by atoms with Crippen LogP contribution in [0, 0.1) is 0 Å². The van der Waals surface area contributed by atoms with Crippen molar-refractivity contribution in [2.45, 2.75) is 0 Å². The number of nitrogens with one attached hydrogen (secondary N) is 1. The van der Waals surface area contributed by atoms with Crippen molar-refractivity contribution in [2.75, 3.05) is 51.9 Å². The molecule has 1 aliphatic rings. The summed E-state index contributed by atoms with van der Waals surface area (Å²) in [4.78, 5) is 18.4. The molecule has 0 bridgehead atoms. The molecule has 2 heterocycles. The van der Waals surface area contributed by atoms with Gasteiger partial charge in [0.1, 0.15) is 17.4 Å². The molecular formula is C20H24N2O4S2. The number of carbonyl (C=O) groups is 1. The van der Waals surface area contributed by atoms with Gasteiger partial charge in [0, 0.05) is 18.8 Å². The van der Waals surface area contributed by atoms with E-state index in [0.717, 1.165) is 28.0 Å². The van der Waals surface area contributed by atoms with Crippen LogP contribution in [-0.2, 0) is 9.47 Å². The standard InChI is InChI=1S/C20H24N2O4S2/c23-19(17-6-7-18(28-17)20-22-9-15-27-20)21-8-10-24-11-12-25-13-14-26-16-4-2-1-3-5-16/h1-7H,8-15H2,(H,21,23). The smallest absolute Gasteiger partial charge is 0.261 e. The molecule has 0 spiro atoms. The third-order valence-corrected chi connectivity index (χ3v) is 6.00. The van der Waals surface area contributed by atoms with Crippen LogP contribution >= 0.6 is 23.1 Å². The van der Waals surface area contributed by atoms with Crippen LogP contribution in [-0.4, -0.2) is 62.8 Å². The van der Waals surface area contributed by atoms with Crippen LogP contribution < -0.4 is 10.1 Å². The number of aliphatic imine (C=N–C) groups is 1. The Labute approximate surface area is 173 Å². The van der Waals surface area contributed by atoms with Crippen LogP contribution in [0.2, 0.25) is 0 Å². The van der Waals surface area contributed by atoms with Gasteiger partial charge >= 0.3 is 0 Å². The third-order valence-electron chi connectivity index (χ3n) is 3.77. The zero-order valence-electron chi connectivity index (χ0n) is 15.6. The number of benzene rings is 1. The third kappa shape index (κ3) is 6.94. The number of para-hydroxylation sites is 1. The number of ether oxygens (including phenoxy) is 3. The summed E-state index contributed by atoms with van der Waals surface area (Å²) in [5.41, 5.74) is 0. The van der Waals surface area contributed by atoms with Gasteiger partial charge in [-0.3, -0.25) is 9.79 Å². The fourth-order valence-corrected chi connectivity index (χ4v) is 4.34. The van der Waals surface area contributed by atoms with E-state index in [1.165, 1.54) is 11.3 Å². The number of carbonyl (C=O) groups excluding carboxylic acids is 1. The predicted molar refractivity (Wildman–Crippen MR) is 114 cm³/mol. The van der Waals surface area contributed by atoms with Gasteiger partial charge in [-0.05, 0) is 24.3 Å². The van der Waals surface area contributed by atoms with Gasteiger partial charge in [-0.15, -0.1) is 23.1 Å². The van der Waals surface area contributed by atoms with Gasteiger partial charge in [0.25, 0.3) is 5.91 Å². The largest absolute Gasteiger partial charge is 0.491 e. The number of amides is 1. The minimum atomic E-state index is -0.0715. The van der Waals surface area contributed by atoms with E-state index in [0.29, 0.717) is 44.5 Å². The lowest BCUT2D eigenvalue weighted by atomic mass is 10.3. The number of nitrogens with zero attached hydrogens (tertiary/aromatic N) is 1. The Morgan fingerprint density at radius 2 is 1.79 bits per heavy atom. The first-order valence-corrected chi connectivity index (χ1v) is 11.0. The molecule has 1 aliphatic heterocycles. The van der Waals surface area contributed by atoms with Crippen LogP contribution in [0.25, 0.3) is 0 Å². The molecule has 28 heavy (non-hydrogen) atoms. The van der Waals surface area contributed by atoms with Crippen LogP contribution in [0.1, 0.15) is 14.5 Å². The van der Waals surface area contributed by atoms with E-state index in [1.807, 2.05) is 42.5 Å². The molecule has 1 amide bonds. The second-order valence-corrected chi connectivity index (χ2v) is 8.01. The fraction of sp³-hybridized carbons (Fsp3) is 0.400. The summed E-state index contributed by atoms with van der Waals surface area (Å²) in [6.45, 7) is 3.80. The molecule has 3 rings (SSSR count). The summed E-state index contributed by atoms with van der Waals surface area (Å²) < 4.78 is 16.5. The quantitative estimate of drug-likeness (QED) is 0.535. The summed E-state index contributed by atoms with van der Waals surface area (Å²) in [6.07, 6.45) is 0. The molecule has 0 saturated heterocycles. The van der Waals surface area contributed by atoms with Crippen molar-refractivity contribution in [3.63, 3.8) is 0 Å². The van der Waals surface area contributed by atoms with Gasteiger partial charge in [0.15, 0.2) is 0 Å². The SMILES string of the molecule is O=C(NCCOCCOCCOc1ccccc1)c1ccc(C2=NCCS2)s1. The van der Waals surface area contributed by atoms with Gasteiger partial charge in [-0.1, -0.05) is 18.2 Å². The van der Waals surface area contributed by atoms with E-state index < -0.39 is 0 Å². The molecule has 0 aliphatic carbocycles. The maximum absolute atomic E-state index is 12.2. The highest BCUT2D eigenvalue weighted by Gasteiger charge is 2.15. The van der Waals surface area contributed by atoms with Crippen LogP contribution in [0.4, 0.5) is 0 Å². The topological polar surface area (TPSA) is 69.2 Å². The average molecular weight is 421 g/mol. The Kier molecular flexibility index (Phi) is 8.83. The van der Waals surface area contributed by atoms with E-state index in [1.54, 1.807) is 11.8 Å². The lowest BCUT2D eigenvalue weighted by molar-refractivity contribution is 0.0370. The first-order valence-electron chi connectivity index (χ1n) is 9.22. The number of thioether (sulfide) groups is 1. The van der Waals surface area contributed by atoms with Crippen molar-refractivity contribution in [2.24, 2.45) is 4.99 Å². The van der Waals surface area contributed by atoms with Crippen molar-refractivity contribution in [3.05, 3.63) is 52.2 Å². The van der Waals surface area contributed by atoms with E-state index in [4.69, 9.17) is 14.2 Å². The summed E-state index contributed by atoms with van der Waals surface area (Å²) >= 11 is 3.22. The number of thiophene rings is 1. The molecule has 6 nitrogen and oxygen atoms in total. The monoisotopic (exact) mass is 420 g/mol. The van der Waals surface area contributed by atoms with Crippen molar-refractivity contribution >= 4 is 34.0 Å². The van der Waals surface area contributed by atoms with Crippen LogP contribution in [0.3, 0.4) is 0 Å². The normalized spacial score (nSPS) is 13.4. The average Bonchev–Trinajstić information content (AvgIpc) is 3.42. The minimum absolute atomic E-state index is 0.0715. The molecule has 0 radical (unpaired) electrons. The van der Waals surface area contributed by atoms with Gasteiger partial charge < -0.3 is 19.5 Å². The van der Waals surface area contributed by atoms with Gasteiger partial charge in [0.2, 0.25) is 0 Å². The molecule has 0 atom stereocenters. The molecular weight excluding hydrogens is 396 g/mol. The zero-order chi connectivity index (χ0) is 19.4. The molecule has 8 heteroatoms. The molecule has 0 saturated carbocycles. The Bertz CT molecular complexity index is 765. The molecule has 0 fully saturated rings. The molecule has 0 unspecified atom stereocenters. The summed E-state index contributed by atoms with van der Waals surface area (Å²) in [5.74, 6) is 1.79. The molecule has 1 N–H and O–H groups in total. The van der Waals surface area contributed by atoms with E-state index >= 15 is 0 Å². The molecule has 1 aromatic carbocycles. The molecule has 2 aromatic rings. The lowest BCUT2D eigenvalue weighted by Crippen LogP contribution is -2.27. The number of hydrogen-bond donors (Lipinski definition) is 1. The minimum Gasteiger partial charge on any atom is -0.491 e. The Balaban J connectivity index is 1.18. The Hall–Kier alpha value is -1.87. The Morgan fingerprint density at radius 1 is 1.00 bits per heavy atom. The van der Waals surface area contributed by atoms with Crippen molar-refractivity contribution in [1.29, 1.82) is 0 Å². The van der Waals surface area contributed by atoms with Crippen molar-refractivity contribution < 1.29 is 19.0 Å². The van der Waals surface area contributed by atoms with Crippen LogP contribution in [0.15, 0.2) is 47.5 Å². The van der Waals surface area contributed by atoms with Gasteiger partial charge in [0.05, 0.1) is 36.2 Å². The second kappa shape index (κ2) is 11.9. The van der Waals surface area contributed by atoms with Crippen LogP contribution in [0.5, 0.6) is 5.75 Å². The second-order valence-electron chi connectivity index (χ2n) is 5.84. The first-order chi connectivity index (χ1) is 13.8. The highest BCUT2D eigenvalue weighted by Crippen LogP contribution is 2.25. The molecule has 1 aromatic heterocycles. The molecule has 150 valence electrons. The van der Waals surface area contributed by atoms with E-state index in [-0.39, 0.29) is 5.91 Å². The summed E-state index contributed by atoms with van der Waals surface area (Å²) in [5, 5.41) is 3.91. The van der Waals surface area contributed by atoms with E-state index in [2.05, 4.69) is 10.3 Å². The maximum atomic E-state index is 12.2. The fourth-order valence-electron chi connectivity index (χ4n) is 2.44. The van der Waals surface area contributed by atoms with Gasteiger partial charge in [-0.2, -0.15) is 0 Å². The summed E-state index contributed by atoms with van der Waals surface area (Å²) in [6, 6.07) is 13.5. The Morgan fingerprint density at radius 3 is 2.57 bits per heavy atom. The maximum Gasteiger partial charge on any atom is 0.261 e. The highest BCUT2D eigenvalue weighted by molar-refractivity contribution is 8.15. The lowest BCUT2D eigenvalue weighted by Gasteiger charge is -2.08. The summed E-state index contributed by atoms with van der Waals surface area (Å²) in [7, 11) is 0. The zero-order valence-corrected chi connectivity index (χ0v) is 17.2. The highest BCUT2D eigenvalue weighted by atomic mass is 32.2. The number of hydrogen-bond acceptors (Lipinski definition) is 7. The van der Waals surface area contributed by atoms with Crippen molar-refractivity contribution in [3.8, 4) is 5.75 Å².